The second-order valence-electron chi connectivity index (χ2n) is 11.5. The van der Waals surface area contributed by atoms with Gasteiger partial charge in [-0.05, 0) is 87.4 Å². The van der Waals surface area contributed by atoms with Gasteiger partial charge in [0, 0.05) is 19.3 Å². The van der Waals surface area contributed by atoms with Crippen LogP contribution in [0.15, 0.2) is 0 Å². The van der Waals surface area contributed by atoms with Crippen LogP contribution in [0.5, 0.6) is 0 Å². The lowest BCUT2D eigenvalue weighted by atomic mass is 9.43. The van der Waals surface area contributed by atoms with Gasteiger partial charge in [-0.1, -0.05) is 13.8 Å². The van der Waals surface area contributed by atoms with Crippen LogP contribution in [0.3, 0.4) is 0 Å². The summed E-state index contributed by atoms with van der Waals surface area (Å²) in [5.74, 6) is 0.745. The summed E-state index contributed by atoms with van der Waals surface area (Å²) in [4.78, 5) is 23.0. The van der Waals surface area contributed by atoms with E-state index >= 15 is 0 Å². The molecule has 0 amide bonds. The molecule has 4 fully saturated rings. The van der Waals surface area contributed by atoms with Gasteiger partial charge in [0.25, 0.3) is 0 Å². The van der Waals surface area contributed by atoms with Gasteiger partial charge in [0.1, 0.15) is 17.8 Å². The normalized spacial score (nSPS) is 49.9. The van der Waals surface area contributed by atoms with Crippen molar-refractivity contribution < 1.29 is 29.3 Å². The number of esters is 2. The van der Waals surface area contributed by atoms with Gasteiger partial charge >= 0.3 is 11.9 Å². The Hall–Kier alpha value is -1.14. The van der Waals surface area contributed by atoms with Crippen LogP contribution in [0.4, 0.5) is 0 Å². The van der Waals surface area contributed by atoms with Crippen molar-refractivity contribution in [1.82, 2.24) is 0 Å². The highest BCUT2D eigenvalue weighted by atomic mass is 16.6. The van der Waals surface area contributed by atoms with Gasteiger partial charge in [-0.3, -0.25) is 9.59 Å². The van der Waals surface area contributed by atoms with Gasteiger partial charge in [-0.25, -0.2) is 0 Å². The third-order valence-electron chi connectivity index (χ3n) is 10.1. The molecule has 10 atom stereocenters. The summed E-state index contributed by atoms with van der Waals surface area (Å²) >= 11 is 0. The van der Waals surface area contributed by atoms with Crippen LogP contribution in [0.1, 0.15) is 86.0 Å². The lowest BCUT2D eigenvalue weighted by Crippen LogP contribution is -2.63. The molecule has 0 radical (unpaired) electrons. The molecule has 0 aromatic rings. The van der Waals surface area contributed by atoms with Crippen molar-refractivity contribution in [2.45, 2.75) is 110 Å². The van der Waals surface area contributed by atoms with Crippen molar-refractivity contribution in [2.75, 3.05) is 0 Å². The molecule has 176 valence electrons. The first-order chi connectivity index (χ1) is 14.4. The number of aliphatic hydroxyl groups is 2. The number of hydrogen-bond acceptors (Lipinski definition) is 6. The first-order valence-electron chi connectivity index (χ1n) is 12.2. The van der Waals surface area contributed by atoms with E-state index in [1.807, 2.05) is 0 Å². The zero-order valence-corrected chi connectivity index (χ0v) is 19.7. The minimum atomic E-state index is -1.11. The Morgan fingerprint density at radius 2 is 1.74 bits per heavy atom. The first kappa shape index (κ1) is 23.0. The molecule has 4 aliphatic rings. The van der Waals surface area contributed by atoms with Crippen molar-refractivity contribution in [3.63, 3.8) is 0 Å². The molecule has 0 unspecified atom stereocenters. The van der Waals surface area contributed by atoms with Crippen LogP contribution in [0.25, 0.3) is 0 Å². The topological polar surface area (TPSA) is 93.1 Å². The molecule has 0 aromatic carbocycles. The Morgan fingerprint density at radius 3 is 2.39 bits per heavy atom. The fourth-order valence-corrected chi connectivity index (χ4v) is 8.74. The average Bonchev–Trinajstić information content (AvgIpc) is 2.92. The summed E-state index contributed by atoms with van der Waals surface area (Å²) in [6.07, 6.45) is 5.80. The average molecular weight is 437 g/mol. The fraction of sp³-hybridized carbons (Fsp3) is 0.920. The summed E-state index contributed by atoms with van der Waals surface area (Å²) in [6, 6.07) is 0. The molecule has 0 saturated heterocycles. The Bertz CT molecular complexity index is 738. The fourth-order valence-electron chi connectivity index (χ4n) is 8.74. The Kier molecular flexibility index (Phi) is 5.74. The summed E-state index contributed by atoms with van der Waals surface area (Å²) in [7, 11) is 0. The summed E-state index contributed by atoms with van der Waals surface area (Å²) < 4.78 is 11.0. The van der Waals surface area contributed by atoms with E-state index < -0.39 is 23.2 Å². The maximum Gasteiger partial charge on any atom is 0.302 e. The molecule has 0 aromatic heterocycles. The lowest BCUT2D eigenvalue weighted by Gasteiger charge is -2.63. The third kappa shape index (κ3) is 3.43. The summed E-state index contributed by atoms with van der Waals surface area (Å²) in [6.45, 7) is 9.11. The van der Waals surface area contributed by atoms with Crippen LogP contribution in [0.2, 0.25) is 0 Å². The second kappa shape index (κ2) is 7.72. The molecule has 4 aliphatic carbocycles. The zero-order chi connectivity index (χ0) is 22.8. The van der Waals surface area contributed by atoms with Crippen LogP contribution in [-0.4, -0.2) is 46.1 Å². The molecule has 0 bridgehead atoms. The van der Waals surface area contributed by atoms with Gasteiger partial charge in [0.2, 0.25) is 0 Å². The largest absolute Gasteiger partial charge is 0.463 e. The first-order valence-corrected chi connectivity index (χ1v) is 12.2. The van der Waals surface area contributed by atoms with Crippen LogP contribution in [0, 0.1) is 34.5 Å². The van der Waals surface area contributed by atoms with E-state index in [1.54, 1.807) is 6.92 Å². The molecule has 6 heteroatoms. The Balaban J connectivity index is 1.59. The number of rotatable bonds is 3. The van der Waals surface area contributed by atoms with Crippen molar-refractivity contribution in [1.29, 1.82) is 0 Å². The minimum Gasteiger partial charge on any atom is -0.463 e. The summed E-state index contributed by atoms with van der Waals surface area (Å²) in [5.41, 5.74) is -1.55. The van der Waals surface area contributed by atoms with Crippen LogP contribution in [-0.2, 0) is 19.1 Å². The van der Waals surface area contributed by atoms with Gasteiger partial charge in [0.15, 0.2) is 0 Å². The van der Waals surface area contributed by atoms with Crippen molar-refractivity contribution >= 4 is 11.9 Å². The highest BCUT2D eigenvalue weighted by Gasteiger charge is 2.68. The highest BCUT2D eigenvalue weighted by molar-refractivity contribution is 5.66. The van der Waals surface area contributed by atoms with Crippen molar-refractivity contribution in [3.8, 4) is 0 Å². The number of hydrogen-bond donors (Lipinski definition) is 2. The summed E-state index contributed by atoms with van der Waals surface area (Å²) in [5, 5.41) is 23.3. The smallest absolute Gasteiger partial charge is 0.302 e. The lowest BCUT2D eigenvalue weighted by molar-refractivity contribution is -0.224. The predicted octanol–water partition coefficient (Wildman–Crippen LogP) is 3.61. The van der Waals surface area contributed by atoms with Gasteiger partial charge < -0.3 is 19.7 Å². The zero-order valence-electron chi connectivity index (χ0n) is 19.7. The van der Waals surface area contributed by atoms with Crippen LogP contribution >= 0.6 is 0 Å². The molecular formula is C25H40O6. The number of aliphatic hydroxyl groups excluding tert-OH is 1. The number of fused-ring (bicyclic) bond motifs is 5. The van der Waals surface area contributed by atoms with Gasteiger partial charge in [0.05, 0.1) is 6.10 Å². The molecule has 2 N–H and O–H groups in total. The molecular weight excluding hydrogens is 396 g/mol. The monoisotopic (exact) mass is 436 g/mol. The van der Waals surface area contributed by atoms with E-state index in [0.717, 1.165) is 38.5 Å². The molecule has 6 nitrogen and oxygen atoms in total. The van der Waals surface area contributed by atoms with E-state index in [2.05, 4.69) is 13.8 Å². The van der Waals surface area contributed by atoms with E-state index in [9.17, 15) is 19.8 Å². The minimum absolute atomic E-state index is 0.000671. The van der Waals surface area contributed by atoms with Gasteiger partial charge in [-0.2, -0.15) is 0 Å². The number of ether oxygens (including phenoxy) is 2. The standard InChI is InChI=1S/C25H40O6/c1-14(30-15(2)26)25(29)11-9-20-19-7-6-17-12-18(31-16(3)27)8-10-23(17,4)22(19)21(28)13-24(20,25)5/h14,17-22,28-29H,6-13H2,1-5H3/t14-,17+,18-,19+,20+,21+,22-,23+,24+,25-/m1/s1. The Labute approximate surface area is 186 Å². The molecule has 0 spiro atoms. The number of carbonyl (C=O) groups excluding carboxylic acids is 2. The quantitative estimate of drug-likeness (QED) is 0.657. The maximum atomic E-state index is 11.7. The third-order valence-corrected chi connectivity index (χ3v) is 10.1. The van der Waals surface area contributed by atoms with Crippen LogP contribution < -0.4 is 0 Å². The van der Waals surface area contributed by atoms with E-state index in [4.69, 9.17) is 9.47 Å². The van der Waals surface area contributed by atoms with Gasteiger partial charge in [-0.15, -0.1) is 0 Å². The molecule has 0 aliphatic heterocycles. The molecule has 31 heavy (non-hydrogen) atoms. The molecule has 4 rings (SSSR count). The molecule has 0 heterocycles. The van der Waals surface area contributed by atoms with E-state index in [1.165, 1.54) is 13.8 Å². The maximum absolute atomic E-state index is 11.7. The second-order valence-corrected chi connectivity index (χ2v) is 11.5. The SMILES string of the molecule is CC(=O)O[C@@H]1CC[C@@]2(C)[C@@H](CC[C@@H]3[C@@H]2[C@@H](O)C[C@@]2(C)[C@H]3CC[C@@]2(O)[C@@H](C)OC(C)=O)C1. The highest BCUT2D eigenvalue weighted by Crippen LogP contribution is 2.68. The Morgan fingerprint density at radius 1 is 1.03 bits per heavy atom. The number of carbonyl (C=O) groups is 2. The van der Waals surface area contributed by atoms with Crippen molar-refractivity contribution in [2.24, 2.45) is 34.5 Å². The van der Waals surface area contributed by atoms with E-state index in [-0.39, 0.29) is 29.4 Å². The predicted molar refractivity (Wildman–Crippen MR) is 115 cm³/mol. The van der Waals surface area contributed by atoms with E-state index in [0.29, 0.717) is 30.6 Å². The molecule has 4 saturated carbocycles. The van der Waals surface area contributed by atoms with Crippen molar-refractivity contribution in [3.05, 3.63) is 0 Å².